The Labute approximate surface area is 147 Å². The smallest absolute Gasteiger partial charge is 0.414 e. The Morgan fingerprint density at radius 2 is 1.72 bits per heavy atom. The van der Waals surface area contributed by atoms with Crippen molar-refractivity contribution in [2.75, 3.05) is 24.7 Å². The van der Waals surface area contributed by atoms with Crippen LogP contribution < -0.4 is 4.90 Å². The quantitative estimate of drug-likeness (QED) is 0.564. The number of carbonyl (C=O) groups excluding carboxylic acids is 2. The molecule has 130 valence electrons. The van der Waals surface area contributed by atoms with Gasteiger partial charge < -0.3 is 9.47 Å². The highest BCUT2D eigenvalue weighted by Crippen LogP contribution is 2.31. The van der Waals surface area contributed by atoms with Crippen LogP contribution in [0.4, 0.5) is 10.5 Å². The van der Waals surface area contributed by atoms with Crippen molar-refractivity contribution in [2.45, 2.75) is 6.92 Å². The third-order valence-electron chi connectivity index (χ3n) is 3.49. The van der Waals surface area contributed by atoms with Gasteiger partial charge in [0.1, 0.15) is 6.61 Å². The molecule has 1 amide bonds. The molecular formula is C20H21NO4. The molecule has 25 heavy (non-hydrogen) atoms. The Morgan fingerprint density at radius 3 is 2.40 bits per heavy atom. The minimum Gasteiger partial charge on any atom is -0.461 e. The molecule has 0 atom stereocenters. The normalized spacial score (nSPS) is 9.96. The number of para-hydroxylation sites is 1. The van der Waals surface area contributed by atoms with Crippen LogP contribution in [-0.4, -0.2) is 31.8 Å². The lowest BCUT2D eigenvalue weighted by Crippen LogP contribution is -2.35. The van der Waals surface area contributed by atoms with E-state index in [0.29, 0.717) is 5.69 Å². The van der Waals surface area contributed by atoms with Crippen LogP contribution in [0, 0.1) is 0 Å². The van der Waals surface area contributed by atoms with Crippen LogP contribution in [-0.2, 0) is 14.3 Å². The number of nitrogens with zero attached hydrogens (tertiary/aromatic N) is 1. The summed E-state index contributed by atoms with van der Waals surface area (Å²) < 4.78 is 10.2. The van der Waals surface area contributed by atoms with Crippen LogP contribution in [0.3, 0.4) is 0 Å². The van der Waals surface area contributed by atoms with Crippen molar-refractivity contribution in [3.05, 3.63) is 67.3 Å². The average molecular weight is 339 g/mol. The van der Waals surface area contributed by atoms with Crippen LogP contribution in [0.15, 0.2) is 67.3 Å². The van der Waals surface area contributed by atoms with Crippen LogP contribution >= 0.6 is 0 Å². The van der Waals surface area contributed by atoms with E-state index in [9.17, 15) is 9.59 Å². The van der Waals surface area contributed by atoms with E-state index in [2.05, 4.69) is 6.58 Å². The topological polar surface area (TPSA) is 55.8 Å². The maximum Gasteiger partial charge on any atom is 0.414 e. The van der Waals surface area contributed by atoms with Crippen molar-refractivity contribution in [3.63, 3.8) is 0 Å². The van der Waals surface area contributed by atoms with E-state index in [4.69, 9.17) is 9.47 Å². The first-order valence-electron chi connectivity index (χ1n) is 8.05. The molecular weight excluding hydrogens is 318 g/mol. The van der Waals surface area contributed by atoms with Gasteiger partial charge in [-0.3, -0.25) is 4.90 Å². The fourth-order valence-corrected chi connectivity index (χ4v) is 2.38. The first kappa shape index (κ1) is 18.3. The molecule has 2 rings (SSSR count). The Kier molecular flexibility index (Phi) is 6.77. The number of anilines is 1. The molecule has 0 unspecified atom stereocenters. The van der Waals surface area contributed by atoms with E-state index in [1.165, 1.54) is 4.90 Å². The van der Waals surface area contributed by atoms with Crippen molar-refractivity contribution < 1.29 is 19.1 Å². The second-order valence-corrected chi connectivity index (χ2v) is 5.11. The summed E-state index contributed by atoms with van der Waals surface area (Å²) in [6.07, 6.45) is 0.604. The second kappa shape index (κ2) is 9.27. The zero-order valence-electron chi connectivity index (χ0n) is 14.2. The third-order valence-corrected chi connectivity index (χ3v) is 3.49. The molecule has 0 aromatic heterocycles. The van der Waals surface area contributed by atoms with Gasteiger partial charge in [0.15, 0.2) is 0 Å². The van der Waals surface area contributed by atoms with Gasteiger partial charge in [0.2, 0.25) is 0 Å². The van der Waals surface area contributed by atoms with Gasteiger partial charge in [0, 0.05) is 11.6 Å². The summed E-state index contributed by atoms with van der Waals surface area (Å²) >= 11 is 0. The molecule has 0 aliphatic carbocycles. The molecule has 0 spiro atoms. The summed E-state index contributed by atoms with van der Waals surface area (Å²) in [6.45, 7) is 5.59. The minimum atomic E-state index is -0.528. The van der Waals surface area contributed by atoms with E-state index in [-0.39, 0.29) is 19.8 Å². The van der Waals surface area contributed by atoms with Gasteiger partial charge in [-0.25, -0.2) is 9.59 Å². The summed E-state index contributed by atoms with van der Waals surface area (Å²) in [5, 5.41) is 0. The molecule has 0 aliphatic rings. The summed E-state index contributed by atoms with van der Waals surface area (Å²) in [4.78, 5) is 25.1. The third kappa shape index (κ3) is 4.94. The number of amides is 1. The van der Waals surface area contributed by atoms with Gasteiger partial charge in [-0.05, 0) is 18.6 Å². The van der Waals surface area contributed by atoms with Gasteiger partial charge in [0.25, 0.3) is 0 Å². The minimum absolute atomic E-state index is 0.0484. The fourth-order valence-electron chi connectivity index (χ4n) is 2.38. The summed E-state index contributed by atoms with van der Waals surface area (Å²) in [5.74, 6) is -0.528. The number of benzene rings is 2. The number of hydrogen-bond acceptors (Lipinski definition) is 4. The zero-order chi connectivity index (χ0) is 18.1. The highest BCUT2D eigenvalue weighted by Gasteiger charge is 2.20. The van der Waals surface area contributed by atoms with Gasteiger partial charge >= 0.3 is 12.1 Å². The monoisotopic (exact) mass is 339 g/mol. The van der Waals surface area contributed by atoms with E-state index >= 15 is 0 Å². The van der Waals surface area contributed by atoms with Gasteiger partial charge in [-0.1, -0.05) is 55.1 Å². The van der Waals surface area contributed by atoms with Crippen LogP contribution in [0.1, 0.15) is 6.92 Å². The fraction of sp³-hybridized carbons (Fsp3) is 0.200. The maximum absolute atomic E-state index is 12.4. The number of ether oxygens (including phenoxy) is 2. The molecule has 0 aliphatic heterocycles. The number of rotatable bonds is 7. The van der Waals surface area contributed by atoms with Crippen molar-refractivity contribution >= 4 is 17.7 Å². The van der Waals surface area contributed by atoms with Crippen LogP contribution in [0.2, 0.25) is 0 Å². The molecule has 0 radical (unpaired) electrons. The highest BCUT2D eigenvalue weighted by molar-refractivity contribution is 5.94. The Bertz CT molecular complexity index is 727. The second-order valence-electron chi connectivity index (χ2n) is 5.11. The first-order valence-corrected chi connectivity index (χ1v) is 8.05. The number of carbonyl (C=O) groups is 2. The molecule has 0 N–H and O–H groups in total. The standard InChI is InChI=1S/C20H21NO4/c1-3-19(22)25-15-14-21(20(23)24-4-2)18-13-9-8-12-17(18)16-10-6-5-7-11-16/h3,5-13H,1,4,14-15H2,2H3. The lowest BCUT2D eigenvalue weighted by molar-refractivity contribution is -0.137. The van der Waals surface area contributed by atoms with E-state index in [1.54, 1.807) is 6.92 Å². The van der Waals surface area contributed by atoms with Gasteiger partial charge in [0.05, 0.1) is 18.8 Å². The number of esters is 1. The highest BCUT2D eigenvalue weighted by atomic mass is 16.6. The molecule has 0 heterocycles. The van der Waals surface area contributed by atoms with Gasteiger partial charge in [-0.2, -0.15) is 0 Å². The Morgan fingerprint density at radius 1 is 1.04 bits per heavy atom. The SMILES string of the molecule is C=CC(=O)OCCN(C(=O)OCC)c1ccccc1-c1ccccc1. The van der Waals surface area contributed by atoms with E-state index < -0.39 is 12.1 Å². The summed E-state index contributed by atoms with van der Waals surface area (Å²) in [6, 6.07) is 17.3. The molecule has 0 bridgehead atoms. The summed E-state index contributed by atoms with van der Waals surface area (Å²) in [7, 11) is 0. The molecule has 0 saturated carbocycles. The van der Waals surface area contributed by atoms with E-state index in [0.717, 1.165) is 17.2 Å². The predicted molar refractivity (Wildman–Crippen MR) is 97.4 cm³/mol. The molecule has 0 saturated heterocycles. The van der Waals surface area contributed by atoms with Crippen molar-refractivity contribution in [3.8, 4) is 11.1 Å². The first-order chi connectivity index (χ1) is 12.2. The number of hydrogen-bond donors (Lipinski definition) is 0. The van der Waals surface area contributed by atoms with Crippen molar-refractivity contribution in [2.24, 2.45) is 0 Å². The average Bonchev–Trinajstić information content (AvgIpc) is 2.66. The van der Waals surface area contributed by atoms with Crippen molar-refractivity contribution in [1.29, 1.82) is 0 Å². The molecule has 2 aromatic carbocycles. The Hall–Kier alpha value is -3.08. The lowest BCUT2D eigenvalue weighted by Gasteiger charge is -2.24. The van der Waals surface area contributed by atoms with Crippen molar-refractivity contribution in [1.82, 2.24) is 0 Å². The molecule has 5 nitrogen and oxygen atoms in total. The molecule has 2 aromatic rings. The largest absolute Gasteiger partial charge is 0.461 e. The molecule has 5 heteroatoms. The van der Waals surface area contributed by atoms with E-state index in [1.807, 2.05) is 54.6 Å². The van der Waals surface area contributed by atoms with Gasteiger partial charge in [-0.15, -0.1) is 0 Å². The lowest BCUT2D eigenvalue weighted by atomic mass is 10.0. The van der Waals surface area contributed by atoms with Crippen LogP contribution in [0.5, 0.6) is 0 Å². The maximum atomic E-state index is 12.4. The zero-order valence-corrected chi connectivity index (χ0v) is 14.2. The predicted octanol–water partition coefficient (Wildman–Crippen LogP) is 4.05. The Balaban J connectivity index is 2.32. The van der Waals surface area contributed by atoms with Crippen LogP contribution in [0.25, 0.3) is 11.1 Å². The summed E-state index contributed by atoms with van der Waals surface area (Å²) in [5.41, 5.74) is 2.57. The molecule has 0 fully saturated rings.